The van der Waals surface area contributed by atoms with Crippen LogP contribution < -0.4 is 11.1 Å². The Morgan fingerprint density at radius 3 is 2.57 bits per heavy atom. The average Bonchev–Trinajstić information content (AvgIpc) is 2.14. The van der Waals surface area contributed by atoms with Crippen LogP contribution in [0, 0.1) is 0 Å². The van der Waals surface area contributed by atoms with Crippen molar-refractivity contribution in [2.45, 2.75) is 39.4 Å². The quantitative estimate of drug-likeness (QED) is 0.404. The fraction of sp³-hybridized carbons (Fsp3) is 0.700. The summed E-state index contributed by atoms with van der Waals surface area (Å²) in [5.74, 6) is 0.768. The highest BCUT2D eigenvalue weighted by Gasteiger charge is 2.12. The largest absolute Gasteiger partial charge is 0.354 e. The molecule has 0 aliphatic rings. The zero-order valence-corrected chi connectivity index (χ0v) is 9.62. The van der Waals surface area contributed by atoms with Gasteiger partial charge in [-0.3, -0.25) is 0 Å². The molecule has 0 spiro atoms. The summed E-state index contributed by atoms with van der Waals surface area (Å²) < 4.78 is 0. The molecule has 0 saturated heterocycles. The van der Waals surface area contributed by atoms with E-state index < -0.39 is 0 Å². The number of nitrogens with zero attached hydrogens (tertiary/aromatic N) is 2. The molecule has 0 amide bonds. The molecule has 4 nitrogen and oxygen atoms in total. The third-order valence-electron chi connectivity index (χ3n) is 1.88. The Morgan fingerprint density at radius 2 is 2.21 bits per heavy atom. The van der Waals surface area contributed by atoms with E-state index >= 15 is 0 Å². The molecule has 82 valence electrons. The van der Waals surface area contributed by atoms with Crippen LogP contribution in [0.4, 0.5) is 0 Å². The van der Waals surface area contributed by atoms with Gasteiger partial charge < -0.3 is 16.0 Å². The van der Waals surface area contributed by atoms with Crippen molar-refractivity contribution in [1.29, 1.82) is 0 Å². The minimum absolute atomic E-state index is 0.0139. The molecule has 0 rings (SSSR count). The van der Waals surface area contributed by atoms with Crippen molar-refractivity contribution < 1.29 is 0 Å². The fourth-order valence-corrected chi connectivity index (χ4v) is 1.01. The Labute approximate surface area is 86.9 Å². The van der Waals surface area contributed by atoms with Crippen LogP contribution in [0.5, 0.6) is 0 Å². The fourth-order valence-electron chi connectivity index (χ4n) is 1.01. The van der Waals surface area contributed by atoms with Crippen molar-refractivity contribution in [2.75, 3.05) is 7.05 Å². The first-order valence-electron chi connectivity index (χ1n) is 4.96. The maximum absolute atomic E-state index is 5.89. The van der Waals surface area contributed by atoms with Crippen molar-refractivity contribution in [1.82, 2.24) is 10.2 Å². The van der Waals surface area contributed by atoms with Gasteiger partial charge in [0, 0.05) is 19.3 Å². The molecule has 0 aromatic carbocycles. The molecule has 0 aromatic rings. The van der Waals surface area contributed by atoms with E-state index in [2.05, 4.69) is 30.7 Å². The topological polar surface area (TPSA) is 53.7 Å². The number of rotatable bonds is 4. The summed E-state index contributed by atoms with van der Waals surface area (Å²) in [6.45, 7) is 9.74. The zero-order chi connectivity index (χ0) is 11.1. The highest BCUT2D eigenvalue weighted by atomic mass is 15.3. The number of hydrogen-bond acceptors (Lipinski definition) is 2. The summed E-state index contributed by atoms with van der Waals surface area (Å²) in [6.07, 6.45) is 2.38. The first-order chi connectivity index (χ1) is 6.52. The van der Waals surface area contributed by atoms with Gasteiger partial charge in [-0.2, -0.15) is 0 Å². The van der Waals surface area contributed by atoms with Crippen LogP contribution in [0.25, 0.3) is 0 Å². The van der Waals surface area contributed by atoms with Gasteiger partial charge in [-0.1, -0.05) is 13.5 Å². The van der Waals surface area contributed by atoms with E-state index in [9.17, 15) is 0 Å². The number of aliphatic imine (C=N–C) groups is 1. The minimum atomic E-state index is -0.0139. The second-order valence-corrected chi connectivity index (χ2v) is 3.52. The van der Waals surface area contributed by atoms with Crippen LogP contribution in [0.3, 0.4) is 0 Å². The van der Waals surface area contributed by atoms with Crippen LogP contribution in [0.1, 0.15) is 27.2 Å². The van der Waals surface area contributed by atoms with Gasteiger partial charge in [-0.15, -0.1) is 0 Å². The van der Waals surface area contributed by atoms with Crippen LogP contribution >= 0.6 is 0 Å². The lowest BCUT2D eigenvalue weighted by atomic mass is 10.3. The van der Waals surface area contributed by atoms with E-state index in [1.807, 2.05) is 18.9 Å². The second kappa shape index (κ2) is 6.43. The molecule has 4 heteroatoms. The molecule has 14 heavy (non-hydrogen) atoms. The lowest BCUT2D eigenvalue weighted by molar-refractivity contribution is 0.350. The summed E-state index contributed by atoms with van der Waals surface area (Å²) in [6, 6.07) is 0.334. The van der Waals surface area contributed by atoms with E-state index in [1.165, 1.54) is 6.20 Å². The van der Waals surface area contributed by atoms with E-state index in [4.69, 9.17) is 5.73 Å². The maximum Gasteiger partial charge on any atom is 0.199 e. The smallest absolute Gasteiger partial charge is 0.199 e. The number of hydrogen-bond donors (Lipinski definition) is 2. The van der Waals surface area contributed by atoms with E-state index in [-0.39, 0.29) is 6.17 Å². The Bertz CT molecular complexity index is 198. The van der Waals surface area contributed by atoms with E-state index in [0.29, 0.717) is 6.04 Å². The maximum atomic E-state index is 5.89. The molecule has 3 N–H and O–H groups in total. The Hall–Kier alpha value is -1.03. The molecule has 0 aromatic heterocycles. The predicted molar refractivity (Wildman–Crippen MR) is 61.9 cm³/mol. The van der Waals surface area contributed by atoms with Crippen molar-refractivity contribution in [3.8, 4) is 0 Å². The second-order valence-electron chi connectivity index (χ2n) is 3.52. The average molecular weight is 198 g/mol. The van der Waals surface area contributed by atoms with Crippen LogP contribution in [0.2, 0.25) is 0 Å². The molecular formula is C10H22N4. The van der Waals surface area contributed by atoms with Crippen molar-refractivity contribution in [3.05, 3.63) is 12.8 Å². The zero-order valence-electron chi connectivity index (χ0n) is 9.62. The van der Waals surface area contributed by atoms with Crippen LogP contribution in [-0.2, 0) is 0 Å². The summed E-state index contributed by atoms with van der Waals surface area (Å²) in [5.41, 5.74) is 5.89. The summed E-state index contributed by atoms with van der Waals surface area (Å²) in [5, 5.41) is 3.22. The molecular weight excluding hydrogens is 176 g/mol. The number of guanidine groups is 1. The first-order valence-corrected chi connectivity index (χ1v) is 4.96. The molecule has 0 radical (unpaired) electrons. The van der Waals surface area contributed by atoms with Gasteiger partial charge in [0.05, 0.1) is 6.17 Å². The SMILES string of the molecule is C=C/N=C(/NC(C)C)N(C)C(N)CC. The first kappa shape index (κ1) is 13.0. The molecule has 0 aliphatic carbocycles. The van der Waals surface area contributed by atoms with Crippen molar-refractivity contribution in [2.24, 2.45) is 10.7 Å². The van der Waals surface area contributed by atoms with Crippen LogP contribution in [0.15, 0.2) is 17.8 Å². The summed E-state index contributed by atoms with van der Waals surface area (Å²) in [4.78, 5) is 6.07. The van der Waals surface area contributed by atoms with Gasteiger partial charge >= 0.3 is 0 Å². The van der Waals surface area contributed by atoms with Gasteiger partial charge in [0.1, 0.15) is 0 Å². The molecule has 0 saturated carbocycles. The predicted octanol–water partition coefficient (Wildman–Crippen LogP) is 1.11. The Morgan fingerprint density at radius 1 is 1.64 bits per heavy atom. The minimum Gasteiger partial charge on any atom is -0.354 e. The standard InChI is InChI=1S/C10H22N4/c1-6-9(11)14(5)10(12-7-2)13-8(3)4/h7-9H,2,6,11H2,1,3-5H3,(H,12,13). The monoisotopic (exact) mass is 198 g/mol. The highest BCUT2D eigenvalue weighted by Crippen LogP contribution is 1.96. The molecule has 1 unspecified atom stereocenters. The third kappa shape index (κ3) is 4.28. The molecule has 0 aliphatic heterocycles. The number of nitrogens with one attached hydrogen (secondary N) is 1. The molecule has 0 fully saturated rings. The number of nitrogens with two attached hydrogens (primary N) is 1. The highest BCUT2D eigenvalue weighted by molar-refractivity contribution is 5.80. The van der Waals surface area contributed by atoms with Gasteiger partial charge in [0.15, 0.2) is 5.96 Å². The normalized spacial score (nSPS) is 14.0. The van der Waals surface area contributed by atoms with Gasteiger partial charge in [-0.25, -0.2) is 4.99 Å². The molecule has 1 atom stereocenters. The van der Waals surface area contributed by atoms with E-state index in [1.54, 1.807) is 0 Å². The van der Waals surface area contributed by atoms with Crippen molar-refractivity contribution in [3.63, 3.8) is 0 Å². The van der Waals surface area contributed by atoms with E-state index in [0.717, 1.165) is 12.4 Å². The van der Waals surface area contributed by atoms with Crippen LogP contribution in [-0.4, -0.2) is 30.1 Å². The van der Waals surface area contributed by atoms with Gasteiger partial charge in [0.2, 0.25) is 0 Å². The summed E-state index contributed by atoms with van der Waals surface area (Å²) >= 11 is 0. The lowest BCUT2D eigenvalue weighted by Crippen LogP contribution is -2.50. The molecule has 0 bridgehead atoms. The molecule has 0 heterocycles. The Kier molecular flexibility index (Phi) is 5.95. The van der Waals surface area contributed by atoms with Crippen molar-refractivity contribution >= 4 is 5.96 Å². The van der Waals surface area contributed by atoms with Gasteiger partial charge in [0.25, 0.3) is 0 Å². The summed E-state index contributed by atoms with van der Waals surface area (Å²) in [7, 11) is 1.92. The Balaban J connectivity index is 4.48. The third-order valence-corrected chi connectivity index (χ3v) is 1.88. The van der Waals surface area contributed by atoms with Gasteiger partial charge in [-0.05, 0) is 20.3 Å². The lowest BCUT2D eigenvalue weighted by Gasteiger charge is -2.28.